The lowest BCUT2D eigenvalue weighted by Gasteiger charge is -2.17. The third-order valence-electron chi connectivity index (χ3n) is 6.02. The van der Waals surface area contributed by atoms with Gasteiger partial charge in [0.05, 0.1) is 10.6 Å². The van der Waals surface area contributed by atoms with Crippen LogP contribution in [0.15, 0.2) is 35.6 Å². The lowest BCUT2D eigenvalue weighted by molar-refractivity contribution is -0.291. The van der Waals surface area contributed by atoms with Crippen molar-refractivity contribution in [2.45, 2.75) is 42.7 Å². The molecule has 4 heterocycles. The van der Waals surface area contributed by atoms with Crippen molar-refractivity contribution in [1.29, 1.82) is 0 Å². The number of halogens is 5. The minimum absolute atomic E-state index is 0.101. The number of sulfone groups is 1. The molecule has 0 atom stereocenters. The molecule has 1 aliphatic carbocycles. The molecule has 0 N–H and O–H groups in total. The molecule has 37 heavy (non-hydrogen) atoms. The molecule has 0 spiro atoms. The highest BCUT2D eigenvalue weighted by molar-refractivity contribution is 7.91. The van der Waals surface area contributed by atoms with Gasteiger partial charge in [-0.05, 0) is 25.0 Å². The van der Waals surface area contributed by atoms with Crippen molar-refractivity contribution < 1.29 is 30.4 Å². The van der Waals surface area contributed by atoms with Crippen LogP contribution < -0.4 is 0 Å². The first kappa shape index (κ1) is 25.0. The van der Waals surface area contributed by atoms with Gasteiger partial charge in [-0.25, -0.2) is 23.4 Å². The van der Waals surface area contributed by atoms with Gasteiger partial charge in [0.25, 0.3) is 0 Å². The lowest BCUT2D eigenvalue weighted by atomic mass is 10.1. The van der Waals surface area contributed by atoms with Crippen molar-refractivity contribution in [3.05, 3.63) is 42.2 Å². The maximum atomic E-state index is 13.8. The van der Waals surface area contributed by atoms with Crippen LogP contribution in [0.1, 0.15) is 37.2 Å². The van der Waals surface area contributed by atoms with E-state index in [0.29, 0.717) is 28.9 Å². The highest BCUT2D eigenvalue weighted by atomic mass is 32.2. The third kappa shape index (κ3) is 4.30. The summed E-state index contributed by atoms with van der Waals surface area (Å²) in [4.78, 5) is 16.8. The van der Waals surface area contributed by atoms with Crippen molar-refractivity contribution in [2.75, 3.05) is 5.75 Å². The Morgan fingerprint density at radius 3 is 2.22 bits per heavy atom. The Balaban J connectivity index is 1.63. The summed E-state index contributed by atoms with van der Waals surface area (Å²) in [5.74, 6) is -4.59. The number of fused-ring (bicyclic) bond motifs is 1. The fraction of sp³-hybridized carbons (Fsp3) is 0.364. The first-order valence-corrected chi connectivity index (χ1v) is 12.7. The van der Waals surface area contributed by atoms with Crippen molar-refractivity contribution in [3.8, 4) is 22.6 Å². The Kier molecular flexibility index (Phi) is 5.73. The van der Waals surface area contributed by atoms with Gasteiger partial charge < -0.3 is 4.57 Å². The number of rotatable bonds is 6. The fourth-order valence-corrected chi connectivity index (χ4v) is 4.75. The van der Waals surface area contributed by atoms with E-state index in [4.69, 9.17) is 0 Å². The van der Waals surface area contributed by atoms with E-state index in [1.165, 1.54) is 30.8 Å². The minimum Gasteiger partial charge on any atom is -0.309 e. The Hall–Kier alpha value is -3.62. The number of hydrogen-bond donors (Lipinski definition) is 0. The van der Waals surface area contributed by atoms with Crippen molar-refractivity contribution >= 4 is 21.0 Å². The van der Waals surface area contributed by atoms with Crippen LogP contribution in [0.5, 0.6) is 0 Å². The summed E-state index contributed by atoms with van der Waals surface area (Å²) in [6.45, 7) is 1.44. The Morgan fingerprint density at radius 2 is 1.62 bits per heavy atom. The smallest absolute Gasteiger partial charge is 0.309 e. The molecule has 0 amide bonds. The summed E-state index contributed by atoms with van der Waals surface area (Å²) in [7, 11) is -2.49. The van der Waals surface area contributed by atoms with Gasteiger partial charge in [0.15, 0.2) is 21.3 Å². The summed E-state index contributed by atoms with van der Waals surface area (Å²) in [6.07, 6.45) is 0.693. The van der Waals surface area contributed by atoms with Crippen LogP contribution in [-0.4, -0.2) is 55.0 Å². The summed E-state index contributed by atoms with van der Waals surface area (Å²) in [5, 5.41) is 6.53. The number of imidazole rings is 1. The fourth-order valence-electron chi connectivity index (χ4n) is 3.70. The highest BCUT2D eigenvalue weighted by Crippen LogP contribution is 2.43. The number of hydrogen-bond acceptors (Lipinski definition) is 8. The molecule has 194 valence electrons. The molecule has 0 aliphatic heterocycles. The molecule has 0 radical (unpaired) electrons. The van der Waals surface area contributed by atoms with Crippen LogP contribution in [0, 0.1) is 0 Å². The summed E-state index contributed by atoms with van der Waals surface area (Å²) >= 11 is 0. The van der Waals surface area contributed by atoms with Crippen molar-refractivity contribution in [1.82, 2.24) is 34.7 Å². The van der Waals surface area contributed by atoms with E-state index in [1.54, 1.807) is 12.4 Å². The Labute approximate surface area is 206 Å². The predicted octanol–water partition coefficient (Wildman–Crippen LogP) is 4.21. The second-order valence-corrected chi connectivity index (χ2v) is 10.8. The van der Waals surface area contributed by atoms with E-state index in [9.17, 15) is 30.4 Å². The SMILES string of the molecule is CCS(=O)(=O)c1cc(-c2cnc(C3CC3)nc2)cnc1-c1nc2cc(C(F)(F)C(F)(F)F)nnc2n1C. The highest BCUT2D eigenvalue weighted by Gasteiger charge is 2.60. The summed E-state index contributed by atoms with van der Waals surface area (Å²) in [5.41, 5.74) is -1.26. The van der Waals surface area contributed by atoms with Crippen LogP contribution in [-0.2, 0) is 22.8 Å². The zero-order valence-corrected chi connectivity index (χ0v) is 20.1. The van der Waals surface area contributed by atoms with E-state index in [2.05, 4.69) is 30.1 Å². The average molecular weight is 539 g/mol. The Morgan fingerprint density at radius 1 is 0.973 bits per heavy atom. The van der Waals surface area contributed by atoms with Gasteiger partial charge in [0, 0.05) is 42.7 Å². The number of aromatic nitrogens is 7. The van der Waals surface area contributed by atoms with Crippen molar-refractivity contribution in [2.24, 2.45) is 7.05 Å². The van der Waals surface area contributed by atoms with E-state index in [-0.39, 0.29) is 33.3 Å². The number of aryl methyl sites for hydroxylation is 1. The first-order valence-electron chi connectivity index (χ1n) is 11.0. The summed E-state index contributed by atoms with van der Waals surface area (Å²) < 4.78 is 93.2. The van der Waals surface area contributed by atoms with Crippen LogP contribution in [0.25, 0.3) is 33.8 Å². The molecule has 15 heteroatoms. The normalized spacial score (nSPS) is 14.9. The predicted molar refractivity (Wildman–Crippen MR) is 120 cm³/mol. The molecule has 5 rings (SSSR count). The molecule has 4 aromatic heterocycles. The lowest BCUT2D eigenvalue weighted by Crippen LogP contribution is -2.34. The maximum absolute atomic E-state index is 13.8. The second kappa shape index (κ2) is 8.46. The standard InChI is InChI=1S/C22H18F5N7O2S/c1-3-37(35,36)15-6-12(13-9-29-18(30-10-13)11-4-5-11)8-28-17(15)20-31-14-7-16(21(23,24)22(25,26)27)32-33-19(14)34(20)2/h6-11H,3-5H2,1-2H3. The van der Waals surface area contributed by atoms with E-state index in [1.807, 2.05) is 0 Å². The number of alkyl halides is 5. The minimum atomic E-state index is -5.88. The quantitative estimate of drug-likeness (QED) is 0.335. The molecule has 1 aliphatic rings. The largest absolute Gasteiger partial charge is 0.459 e. The first-order chi connectivity index (χ1) is 17.3. The van der Waals surface area contributed by atoms with Crippen molar-refractivity contribution in [3.63, 3.8) is 0 Å². The molecule has 0 saturated heterocycles. The maximum Gasteiger partial charge on any atom is 0.459 e. The molecule has 9 nitrogen and oxygen atoms in total. The van der Waals surface area contributed by atoms with Crippen LogP contribution >= 0.6 is 0 Å². The van der Waals surface area contributed by atoms with Gasteiger partial charge in [0.2, 0.25) is 0 Å². The van der Waals surface area contributed by atoms with E-state index in [0.717, 1.165) is 12.8 Å². The van der Waals surface area contributed by atoms with Crippen LogP contribution in [0.3, 0.4) is 0 Å². The van der Waals surface area contributed by atoms with Gasteiger partial charge in [-0.1, -0.05) is 6.92 Å². The van der Waals surface area contributed by atoms with Crippen LogP contribution in [0.4, 0.5) is 22.0 Å². The molecule has 4 aromatic rings. The molecule has 1 fully saturated rings. The van der Waals surface area contributed by atoms with Crippen LogP contribution in [0.2, 0.25) is 0 Å². The van der Waals surface area contributed by atoms with Gasteiger partial charge in [-0.3, -0.25) is 4.98 Å². The van der Waals surface area contributed by atoms with Gasteiger partial charge in [0.1, 0.15) is 22.7 Å². The number of pyridine rings is 1. The zero-order valence-electron chi connectivity index (χ0n) is 19.3. The second-order valence-electron chi connectivity index (χ2n) is 8.58. The van der Waals surface area contributed by atoms with Gasteiger partial charge in [-0.15, -0.1) is 10.2 Å². The topological polar surface area (TPSA) is 116 Å². The molecular formula is C22H18F5N7O2S. The van der Waals surface area contributed by atoms with E-state index >= 15 is 0 Å². The third-order valence-corrected chi connectivity index (χ3v) is 7.76. The average Bonchev–Trinajstić information content (AvgIpc) is 3.66. The molecule has 0 unspecified atom stereocenters. The number of nitrogens with zero attached hydrogens (tertiary/aromatic N) is 7. The monoisotopic (exact) mass is 539 g/mol. The summed E-state index contributed by atoms with van der Waals surface area (Å²) in [6, 6.07) is 1.85. The van der Waals surface area contributed by atoms with Gasteiger partial charge in [-0.2, -0.15) is 22.0 Å². The molecular weight excluding hydrogens is 521 g/mol. The molecule has 0 bridgehead atoms. The Bertz CT molecular complexity index is 1620. The molecule has 1 saturated carbocycles. The van der Waals surface area contributed by atoms with E-state index < -0.39 is 27.6 Å². The molecule has 0 aromatic carbocycles. The zero-order chi connectivity index (χ0) is 26.8. The van der Waals surface area contributed by atoms with Gasteiger partial charge >= 0.3 is 12.1 Å².